The highest BCUT2D eigenvalue weighted by atomic mass is 79.9. The highest BCUT2D eigenvalue weighted by molar-refractivity contribution is 9.10. The van der Waals surface area contributed by atoms with Crippen LogP contribution in [-0.4, -0.2) is 9.97 Å². The van der Waals surface area contributed by atoms with Gasteiger partial charge in [0.05, 0.1) is 4.47 Å². The van der Waals surface area contributed by atoms with Crippen LogP contribution in [0.3, 0.4) is 0 Å². The van der Waals surface area contributed by atoms with E-state index in [0.717, 1.165) is 23.0 Å². The van der Waals surface area contributed by atoms with Gasteiger partial charge in [0.1, 0.15) is 16.3 Å². The van der Waals surface area contributed by atoms with E-state index in [1.807, 2.05) is 6.07 Å². The van der Waals surface area contributed by atoms with Crippen LogP contribution in [0.25, 0.3) is 11.4 Å². The molecule has 21 heavy (non-hydrogen) atoms. The number of H-pyrrole nitrogens is 1. The molecule has 1 aromatic heterocycles. The molecular weight excluding hydrogens is 419 g/mol. The molecule has 1 saturated carbocycles. The number of halogens is 3. The third-order valence-corrected chi connectivity index (χ3v) is 5.61. The highest BCUT2D eigenvalue weighted by Crippen LogP contribution is 2.37. The van der Waals surface area contributed by atoms with E-state index in [9.17, 15) is 4.39 Å². The van der Waals surface area contributed by atoms with Crippen LogP contribution in [0, 0.1) is 10.5 Å². The van der Waals surface area contributed by atoms with Crippen molar-refractivity contribution in [2.24, 2.45) is 0 Å². The smallest absolute Gasteiger partial charge is 0.144 e. The predicted octanol–water partition coefficient (Wildman–Crippen LogP) is 6.13. The van der Waals surface area contributed by atoms with Crippen molar-refractivity contribution in [1.82, 2.24) is 9.97 Å². The molecule has 1 aliphatic rings. The van der Waals surface area contributed by atoms with Crippen LogP contribution in [-0.2, 0) is 0 Å². The summed E-state index contributed by atoms with van der Waals surface area (Å²) >= 11 is 12.2. The average molecular weight is 432 g/mol. The fourth-order valence-corrected chi connectivity index (χ4v) is 3.98. The molecule has 0 spiro atoms. The van der Waals surface area contributed by atoms with Crippen molar-refractivity contribution in [3.8, 4) is 11.4 Å². The summed E-state index contributed by atoms with van der Waals surface area (Å²) in [7, 11) is 0. The summed E-state index contributed by atoms with van der Waals surface area (Å²) in [5.74, 6) is 0.788. The maximum Gasteiger partial charge on any atom is 0.144 e. The Bertz CT molecular complexity index is 719. The van der Waals surface area contributed by atoms with Crippen molar-refractivity contribution in [1.29, 1.82) is 0 Å². The molecule has 0 atom stereocenters. The Morgan fingerprint density at radius 3 is 2.57 bits per heavy atom. The van der Waals surface area contributed by atoms with Crippen LogP contribution >= 0.6 is 44.1 Å². The topological polar surface area (TPSA) is 28.7 Å². The average Bonchev–Trinajstić information content (AvgIpc) is 2.94. The first-order chi connectivity index (χ1) is 10.0. The fraction of sp³-hybridized carbons (Fsp3) is 0.333. The lowest BCUT2D eigenvalue weighted by Crippen LogP contribution is -2.03. The van der Waals surface area contributed by atoms with Gasteiger partial charge in [-0.3, -0.25) is 0 Å². The number of aromatic nitrogens is 2. The van der Waals surface area contributed by atoms with Gasteiger partial charge in [-0.05, 0) is 47.0 Å². The van der Waals surface area contributed by atoms with Crippen molar-refractivity contribution in [3.63, 3.8) is 0 Å². The normalized spacial score (nSPS) is 15.6. The first kappa shape index (κ1) is 15.3. The quantitative estimate of drug-likeness (QED) is 0.579. The van der Waals surface area contributed by atoms with Gasteiger partial charge in [-0.15, -0.1) is 0 Å². The lowest BCUT2D eigenvalue weighted by Gasteiger charge is -2.14. The summed E-state index contributed by atoms with van der Waals surface area (Å²) in [5, 5.41) is 0. The Morgan fingerprint density at radius 2 is 1.90 bits per heavy atom. The molecule has 0 unspecified atom stereocenters. The summed E-state index contributed by atoms with van der Waals surface area (Å²) in [6, 6.07) is 4.72. The van der Waals surface area contributed by atoms with Crippen LogP contribution in [0.5, 0.6) is 0 Å². The lowest BCUT2D eigenvalue weighted by atomic mass is 10.0. The van der Waals surface area contributed by atoms with E-state index >= 15 is 0 Å². The first-order valence-electron chi connectivity index (χ1n) is 6.81. The Morgan fingerprint density at radius 1 is 1.19 bits per heavy atom. The molecule has 1 heterocycles. The van der Waals surface area contributed by atoms with Crippen molar-refractivity contribution < 1.29 is 4.39 Å². The maximum absolute atomic E-state index is 13.6. The van der Waals surface area contributed by atoms with E-state index in [-0.39, 0.29) is 5.82 Å². The zero-order valence-corrected chi connectivity index (χ0v) is 15.1. The van der Waals surface area contributed by atoms with Gasteiger partial charge in [0.15, 0.2) is 0 Å². The van der Waals surface area contributed by atoms with E-state index < -0.39 is 0 Å². The zero-order valence-electron chi connectivity index (χ0n) is 11.1. The summed E-state index contributed by atoms with van der Waals surface area (Å²) in [6.45, 7) is 0. The maximum atomic E-state index is 13.6. The third kappa shape index (κ3) is 3.27. The number of aromatic amines is 1. The first-order valence-corrected chi connectivity index (χ1v) is 8.80. The van der Waals surface area contributed by atoms with Gasteiger partial charge in [-0.25, -0.2) is 9.37 Å². The summed E-state index contributed by atoms with van der Waals surface area (Å²) < 4.78 is 15.7. The molecule has 6 heteroatoms. The molecule has 0 amide bonds. The van der Waals surface area contributed by atoms with Gasteiger partial charge in [0, 0.05) is 21.6 Å². The molecule has 0 radical (unpaired) electrons. The van der Waals surface area contributed by atoms with Gasteiger partial charge >= 0.3 is 0 Å². The zero-order chi connectivity index (χ0) is 15.0. The second-order valence-electron chi connectivity index (χ2n) is 5.26. The standard InChI is InChI=1S/C15H13Br2FN2S/c16-10-5-9(6-11(18)7-10)14-19-13(8-3-1-2-4-8)12(17)15(21)20-14/h5-8H,1-4H2,(H,19,20,21). The van der Waals surface area contributed by atoms with E-state index in [4.69, 9.17) is 12.2 Å². The van der Waals surface area contributed by atoms with E-state index in [1.54, 1.807) is 0 Å². The van der Waals surface area contributed by atoms with Crippen LogP contribution in [0.15, 0.2) is 27.1 Å². The molecule has 0 bridgehead atoms. The molecule has 1 aromatic carbocycles. The molecular formula is C15H13Br2FN2S. The Hall–Kier alpha value is -0.590. The molecule has 1 N–H and O–H groups in total. The summed E-state index contributed by atoms with van der Waals surface area (Å²) in [5.41, 5.74) is 1.78. The highest BCUT2D eigenvalue weighted by Gasteiger charge is 2.22. The molecule has 110 valence electrons. The van der Waals surface area contributed by atoms with Crippen LogP contribution < -0.4 is 0 Å². The lowest BCUT2D eigenvalue weighted by molar-refractivity contribution is 0.627. The Kier molecular flexibility index (Phi) is 4.57. The van der Waals surface area contributed by atoms with E-state index in [2.05, 4.69) is 41.8 Å². The molecule has 2 nitrogen and oxygen atoms in total. The molecule has 3 rings (SSSR count). The summed E-state index contributed by atoms with van der Waals surface area (Å²) in [6.07, 6.45) is 4.78. The predicted molar refractivity (Wildman–Crippen MR) is 91.4 cm³/mol. The monoisotopic (exact) mass is 430 g/mol. The van der Waals surface area contributed by atoms with Crippen molar-refractivity contribution >= 4 is 44.1 Å². The number of benzene rings is 1. The van der Waals surface area contributed by atoms with E-state index in [1.165, 1.54) is 25.0 Å². The second-order valence-corrected chi connectivity index (χ2v) is 7.35. The van der Waals surface area contributed by atoms with Gasteiger partial charge in [0.2, 0.25) is 0 Å². The largest absolute Gasteiger partial charge is 0.342 e. The van der Waals surface area contributed by atoms with Gasteiger partial charge in [0.25, 0.3) is 0 Å². The molecule has 1 fully saturated rings. The second kappa shape index (κ2) is 6.26. The number of nitrogens with one attached hydrogen (secondary N) is 1. The number of nitrogens with zero attached hydrogens (tertiary/aromatic N) is 1. The Balaban J connectivity index is 2.12. The number of hydrogen-bond donors (Lipinski definition) is 1. The van der Waals surface area contributed by atoms with Gasteiger partial charge in [-0.2, -0.15) is 0 Å². The van der Waals surface area contributed by atoms with Crippen LogP contribution in [0.2, 0.25) is 0 Å². The van der Waals surface area contributed by atoms with Crippen molar-refractivity contribution in [2.45, 2.75) is 31.6 Å². The van der Waals surface area contributed by atoms with Gasteiger partial charge in [-0.1, -0.05) is 41.0 Å². The fourth-order valence-electron chi connectivity index (χ4n) is 2.80. The molecule has 2 aromatic rings. The van der Waals surface area contributed by atoms with E-state index in [0.29, 0.717) is 26.4 Å². The SMILES string of the molecule is Fc1cc(Br)cc(-c2nc(=S)c(Br)c(C3CCCC3)[nH]2)c1. The van der Waals surface area contributed by atoms with Crippen molar-refractivity contribution in [2.75, 3.05) is 0 Å². The third-order valence-electron chi connectivity index (χ3n) is 3.79. The van der Waals surface area contributed by atoms with Crippen molar-refractivity contribution in [3.05, 3.63) is 43.3 Å². The molecule has 0 aliphatic heterocycles. The summed E-state index contributed by atoms with van der Waals surface area (Å²) in [4.78, 5) is 7.74. The van der Waals surface area contributed by atoms with Crippen LogP contribution in [0.4, 0.5) is 4.39 Å². The Labute approximate surface area is 144 Å². The minimum Gasteiger partial charge on any atom is -0.342 e. The minimum atomic E-state index is -0.300. The number of rotatable bonds is 2. The van der Waals surface area contributed by atoms with Crippen LogP contribution in [0.1, 0.15) is 37.3 Å². The molecule has 1 aliphatic carbocycles. The minimum absolute atomic E-state index is 0.300. The van der Waals surface area contributed by atoms with Gasteiger partial charge < -0.3 is 4.98 Å². The number of hydrogen-bond acceptors (Lipinski definition) is 2. The molecule has 0 saturated heterocycles.